The summed E-state index contributed by atoms with van der Waals surface area (Å²) in [6.45, 7) is 9.75. The summed E-state index contributed by atoms with van der Waals surface area (Å²) in [4.78, 5) is 11.1. The number of hydrogen-bond donors (Lipinski definition) is 5. The molecule has 4 unspecified atom stereocenters. The lowest BCUT2D eigenvalue weighted by Gasteiger charge is -2.64. The Morgan fingerprint density at radius 3 is 2.39 bits per heavy atom. The highest BCUT2D eigenvalue weighted by Crippen LogP contribution is 2.69. The number of hydrogen-bond acceptors (Lipinski definition) is 6. The maximum Gasteiger partial charge on any atom is 0.373 e. The smallest absolute Gasteiger partial charge is 0.373 e. The molecule has 5 N–H and O–H groups in total. The predicted molar refractivity (Wildman–Crippen MR) is 137 cm³/mol. The van der Waals surface area contributed by atoms with Crippen LogP contribution in [0.5, 0.6) is 0 Å². The summed E-state index contributed by atoms with van der Waals surface area (Å²) in [6.07, 6.45) is 9.61. The van der Waals surface area contributed by atoms with E-state index in [-0.39, 0.29) is 35.5 Å². The lowest BCUT2D eigenvalue weighted by atomic mass is 9.41. The van der Waals surface area contributed by atoms with Crippen molar-refractivity contribution < 1.29 is 20.1 Å². The number of carbonyl (C=O) groups is 1. The van der Waals surface area contributed by atoms with E-state index in [0.717, 1.165) is 37.1 Å². The minimum absolute atomic E-state index is 0.199. The standard InChI is InChI=1S/C28H48N4O4/c1-5-18-22-15-17(33)10-12-28(22,4)21-11-13-27(3)19(8-9-20(27)23(21)24(18)34)16(2)7-6-14-32(31-30)25(29)26(35)36/h16-24,29-30,33-34H,5-15H2,1-4H3,(H,35,36)/t16-,17-,18-,19?,20?,21?,22+,23?,24-,27-,28-/m1/s1. The van der Waals surface area contributed by atoms with E-state index in [1.807, 2.05) is 0 Å². The van der Waals surface area contributed by atoms with Gasteiger partial charge in [0.1, 0.15) is 0 Å². The molecule has 0 aromatic rings. The van der Waals surface area contributed by atoms with Gasteiger partial charge in [-0.2, -0.15) is 5.53 Å². The van der Waals surface area contributed by atoms with Crippen LogP contribution in [0.1, 0.15) is 91.9 Å². The van der Waals surface area contributed by atoms with Gasteiger partial charge < -0.3 is 15.3 Å². The van der Waals surface area contributed by atoms with E-state index >= 15 is 0 Å². The predicted octanol–water partition coefficient (Wildman–Crippen LogP) is 5.34. The molecule has 0 saturated heterocycles. The lowest BCUT2D eigenvalue weighted by molar-refractivity contribution is -0.203. The topological polar surface area (TPSA) is 141 Å². The largest absolute Gasteiger partial charge is 0.475 e. The molecule has 0 spiro atoms. The minimum atomic E-state index is -1.36. The van der Waals surface area contributed by atoms with Crippen molar-refractivity contribution in [3.63, 3.8) is 0 Å². The van der Waals surface area contributed by atoms with E-state index in [2.05, 4.69) is 32.9 Å². The van der Waals surface area contributed by atoms with Crippen LogP contribution in [0.15, 0.2) is 5.22 Å². The molecule has 0 aliphatic heterocycles. The molecule has 0 bridgehead atoms. The van der Waals surface area contributed by atoms with Crippen molar-refractivity contribution in [2.75, 3.05) is 6.54 Å². The second-order valence-corrected chi connectivity index (χ2v) is 13.1. The number of nitrogens with one attached hydrogen (secondary N) is 2. The summed E-state index contributed by atoms with van der Waals surface area (Å²) in [5.74, 6) is 1.10. The number of aliphatic carboxylic acids is 1. The van der Waals surface area contributed by atoms with Gasteiger partial charge in [-0.3, -0.25) is 5.41 Å². The second-order valence-electron chi connectivity index (χ2n) is 13.1. The fourth-order valence-corrected chi connectivity index (χ4v) is 10.0. The highest BCUT2D eigenvalue weighted by Gasteiger charge is 2.64. The fourth-order valence-electron chi connectivity index (χ4n) is 10.0. The highest BCUT2D eigenvalue weighted by atomic mass is 16.4. The molecular formula is C28H48N4O4. The molecule has 0 aromatic carbocycles. The first-order valence-corrected chi connectivity index (χ1v) is 14.3. The summed E-state index contributed by atoms with van der Waals surface area (Å²) < 4.78 is 0. The van der Waals surface area contributed by atoms with Gasteiger partial charge in [-0.05, 0) is 110 Å². The van der Waals surface area contributed by atoms with E-state index in [0.29, 0.717) is 41.9 Å². The molecule has 8 heteroatoms. The first-order chi connectivity index (χ1) is 17.0. The van der Waals surface area contributed by atoms with E-state index in [1.54, 1.807) is 0 Å². The van der Waals surface area contributed by atoms with Gasteiger partial charge in [-0.25, -0.2) is 9.80 Å². The van der Waals surface area contributed by atoms with Gasteiger partial charge in [0.2, 0.25) is 5.84 Å². The van der Waals surface area contributed by atoms with Gasteiger partial charge in [0, 0.05) is 6.54 Å². The number of amidine groups is 1. The van der Waals surface area contributed by atoms with Gasteiger partial charge >= 0.3 is 5.97 Å². The van der Waals surface area contributed by atoms with Crippen LogP contribution in [-0.2, 0) is 4.79 Å². The zero-order valence-corrected chi connectivity index (χ0v) is 22.6. The van der Waals surface area contributed by atoms with Crippen molar-refractivity contribution in [1.82, 2.24) is 5.01 Å². The average molecular weight is 505 g/mol. The lowest BCUT2D eigenvalue weighted by Crippen LogP contribution is -2.62. The Morgan fingerprint density at radius 1 is 1.08 bits per heavy atom. The molecule has 4 fully saturated rings. The van der Waals surface area contributed by atoms with Crippen LogP contribution in [-0.4, -0.2) is 50.9 Å². The van der Waals surface area contributed by atoms with Gasteiger partial charge in [0.25, 0.3) is 0 Å². The average Bonchev–Trinajstić information content (AvgIpc) is 3.20. The van der Waals surface area contributed by atoms with Crippen LogP contribution >= 0.6 is 0 Å². The van der Waals surface area contributed by atoms with Crippen LogP contribution in [0.4, 0.5) is 0 Å². The van der Waals surface area contributed by atoms with Crippen molar-refractivity contribution in [3.8, 4) is 0 Å². The molecule has 204 valence electrons. The molecule has 4 aliphatic rings. The van der Waals surface area contributed by atoms with Gasteiger partial charge in [0.15, 0.2) is 0 Å². The SMILES string of the molecule is CC[C@H]1[C@@H](O)C2C3CCC([C@H](C)CCCN(N=N)C(=N)C(=O)O)[C@@]3(C)CCC2[C@@]2(C)CC[C@@H](O)C[C@@H]12. The molecule has 4 saturated carbocycles. The van der Waals surface area contributed by atoms with Crippen LogP contribution in [0.25, 0.3) is 0 Å². The van der Waals surface area contributed by atoms with E-state index in [9.17, 15) is 15.0 Å². The fraction of sp³-hybridized carbons (Fsp3) is 0.929. The summed E-state index contributed by atoms with van der Waals surface area (Å²) in [5.41, 5.74) is 7.64. The molecular weight excluding hydrogens is 456 g/mol. The number of fused-ring (bicyclic) bond motifs is 5. The zero-order valence-electron chi connectivity index (χ0n) is 22.6. The Hall–Kier alpha value is -1.54. The number of nitrogens with zero attached hydrogens (tertiary/aromatic N) is 2. The maximum absolute atomic E-state index is 11.8. The Bertz CT molecular complexity index is 853. The number of rotatable bonds is 7. The molecule has 36 heavy (non-hydrogen) atoms. The normalized spacial score (nSPS) is 44.6. The van der Waals surface area contributed by atoms with E-state index < -0.39 is 11.8 Å². The molecule has 0 amide bonds. The Labute approximate surface area is 216 Å². The molecule has 8 nitrogen and oxygen atoms in total. The summed E-state index contributed by atoms with van der Waals surface area (Å²) >= 11 is 0. The van der Waals surface area contributed by atoms with Crippen molar-refractivity contribution in [3.05, 3.63) is 0 Å². The van der Waals surface area contributed by atoms with Crippen molar-refractivity contribution >= 4 is 11.8 Å². The summed E-state index contributed by atoms with van der Waals surface area (Å²) in [6, 6.07) is 0. The quantitative estimate of drug-likeness (QED) is 0.138. The Morgan fingerprint density at radius 2 is 1.75 bits per heavy atom. The number of carboxylic acid groups (broad SMARTS) is 1. The van der Waals surface area contributed by atoms with E-state index in [4.69, 9.17) is 16.0 Å². The third-order valence-electron chi connectivity index (χ3n) is 11.8. The van der Waals surface area contributed by atoms with Crippen LogP contribution in [0.3, 0.4) is 0 Å². The third-order valence-corrected chi connectivity index (χ3v) is 11.8. The molecule has 0 aromatic heterocycles. The van der Waals surface area contributed by atoms with Crippen LogP contribution < -0.4 is 0 Å². The van der Waals surface area contributed by atoms with Crippen molar-refractivity contribution in [2.45, 2.75) is 104 Å². The Balaban J connectivity index is 1.48. The van der Waals surface area contributed by atoms with Crippen molar-refractivity contribution in [2.24, 2.45) is 57.5 Å². The summed E-state index contributed by atoms with van der Waals surface area (Å²) in [7, 11) is 0. The first kappa shape index (κ1) is 27.5. The van der Waals surface area contributed by atoms with E-state index in [1.165, 1.54) is 25.7 Å². The molecule has 0 heterocycles. The molecule has 11 atom stereocenters. The zero-order chi connectivity index (χ0) is 26.4. The second kappa shape index (κ2) is 10.3. The minimum Gasteiger partial charge on any atom is -0.475 e. The number of carboxylic acids is 1. The molecule has 0 radical (unpaired) electrons. The Kier molecular flexibility index (Phi) is 7.88. The van der Waals surface area contributed by atoms with Crippen molar-refractivity contribution in [1.29, 1.82) is 10.9 Å². The van der Waals surface area contributed by atoms with Crippen LogP contribution in [0.2, 0.25) is 0 Å². The van der Waals surface area contributed by atoms with Gasteiger partial charge in [-0.1, -0.05) is 39.3 Å². The van der Waals surface area contributed by atoms with Crippen LogP contribution in [0, 0.1) is 63.2 Å². The third kappa shape index (κ3) is 4.40. The highest BCUT2D eigenvalue weighted by molar-refractivity contribution is 6.32. The van der Waals surface area contributed by atoms with Gasteiger partial charge in [0.05, 0.1) is 12.2 Å². The summed E-state index contributed by atoms with van der Waals surface area (Å²) in [5, 5.41) is 43.2. The molecule has 4 aliphatic carbocycles. The molecule has 4 rings (SSSR count). The number of aliphatic hydroxyl groups excluding tert-OH is 2. The van der Waals surface area contributed by atoms with Gasteiger partial charge in [-0.15, -0.1) is 0 Å². The number of aliphatic hydroxyl groups is 2. The maximum atomic E-state index is 11.8. The monoisotopic (exact) mass is 504 g/mol. The first-order valence-electron chi connectivity index (χ1n) is 14.3.